The molecule has 0 saturated carbocycles. The largest absolute Gasteiger partial charge is 0.494 e. The lowest BCUT2D eigenvalue weighted by Gasteiger charge is -2.15. The summed E-state index contributed by atoms with van der Waals surface area (Å²) >= 11 is 0. The summed E-state index contributed by atoms with van der Waals surface area (Å²) in [5.41, 5.74) is 1.26. The summed E-state index contributed by atoms with van der Waals surface area (Å²) in [4.78, 5) is 23.0. The fraction of sp³-hybridized carbons (Fsp3) is 0.350. The zero-order valence-corrected chi connectivity index (χ0v) is 16.9. The van der Waals surface area contributed by atoms with Crippen molar-refractivity contribution in [2.24, 2.45) is 0 Å². The molecule has 0 atom stereocenters. The first kappa shape index (κ1) is 22.8. The molecule has 10 nitrogen and oxygen atoms in total. The Morgan fingerprint density at radius 3 is 2.47 bits per heavy atom. The van der Waals surface area contributed by atoms with Crippen molar-refractivity contribution in [3.63, 3.8) is 0 Å². The van der Waals surface area contributed by atoms with Gasteiger partial charge in [-0.05, 0) is 32.0 Å². The van der Waals surface area contributed by atoms with E-state index in [9.17, 15) is 14.9 Å². The maximum absolute atomic E-state index is 12.5. The van der Waals surface area contributed by atoms with Gasteiger partial charge in [0, 0.05) is 24.7 Å². The molecule has 0 aliphatic rings. The Morgan fingerprint density at radius 1 is 1.03 bits per heavy atom. The normalized spacial score (nSPS) is 10.2. The summed E-state index contributed by atoms with van der Waals surface area (Å²) < 4.78 is 11.0. The molecule has 2 aromatic rings. The summed E-state index contributed by atoms with van der Waals surface area (Å²) in [6, 6.07) is 9.34. The first-order valence-corrected chi connectivity index (χ1v) is 9.55. The van der Waals surface area contributed by atoms with Gasteiger partial charge in [0.25, 0.3) is 5.69 Å². The first-order chi connectivity index (χ1) is 14.5. The fourth-order valence-electron chi connectivity index (χ4n) is 2.65. The van der Waals surface area contributed by atoms with Gasteiger partial charge in [0.05, 0.1) is 48.4 Å². The Labute approximate surface area is 174 Å². The molecule has 2 aromatic carbocycles. The molecule has 0 heterocycles. The molecule has 30 heavy (non-hydrogen) atoms. The topological polar surface area (TPSA) is 135 Å². The molecule has 2 rings (SSSR count). The molecule has 0 spiro atoms. The van der Waals surface area contributed by atoms with E-state index < -0.39 is 4.92 Å². The van der Waals surface area contributed by atoms with Gasteiger partial charge in [-0.3, -0.25) is 14.9 Å². The maximum Gasteiger partial charge on any atom is 0.271 e. The van der Waals surface area contributed by atoms with Crippen molar-refractivity contribution in [1.82, 2.24) is 0 Å². The van der Waals surface area contributed by atoms with Crippen LogP contribution in [0.3, 0.4) is 0 Å². The Balaban J connectivity index is 2.12. The lowest BCUT2D eigenvalue weighted by atomic mass is 10.2. The number of hydrogen-bond acceptors (Lipinski definition) is 8. The van der Waals surface area contributed by atoms with Gasteiger partial charge >= 0.3 is 0 Å². The maximum atomic E-state index is 12.5. The minimum absolute atomic E-state index is 0.104. The number of aliphatic hydroxyl groups is 1. The first-order valence-electron chi connectivity index (χ1n) is 9.55. The van der Waals surface area contributed by atoms with Crippen LogP contribution in [0.15, 0.2) is 36.4 Å². The van der Waals surface area contributed by atoms with Gasteiger partial charge in [-0.1, -0.05) is 0 Å². The number of amides is 1. The molecule has 4 N–H and O–H groups in total. The number of carbonyl (C=O) groups excluding carboxylic acids is 1. The third kappa shape index (κ3) is 6.52. The third-order valence-electron chi connectivity index (χ3n) is 3.92. The molecular formula is C20H26N4O6. The van der Waals surface area contributed by atoms with Crippen LogP contribution in [-0.4, -0.2) is 48.8 Å². The molecule has 0 aliphatic heterocycles. The molecule has 0 fully saturated rings. The molecule has 0 unspecified atom stereocenters. The molecule has 0 saturated heterocycles. The van der Waals surface area contributed by atoms with Crippen molar-refractivity contribution >= 4 is 28.7 Å². The number of anilines is 3. The van der Waals surface area contributed by atoms with Gasteiger partial charge in [-0.25, -0.2) is 0 Å². The monoisotopic (exact) mass is 418 g/mol. The minimum atomic E-state index is -0.519. The Bertz CT molecular complexity index is 874. The SMILES string of the molecule is CCOc1ccc(OCC)c(NC(=O)CNc2cc([N+](=O)[O-])ccc2NCCO)c1. The van der Waals surface area contributed by atoms with Crippen LogP contribution in [0.1, 0.15) is 13.8 Å². The van der Waals surface area contributed by atoms with Crippen LogP contribution in [0.2, 0.25) is 0 Å². The molecular weight excluding hydrogens is 392 g/mol. The predicted molar refractivity (Wildman–Crippen MR) is 115 cm³/mol. The zero-order valence-electron chi connectivity index (χ0n) is 16.9. The number of nitro groups is 1. The van der Waals surface area contributed by atoms with E-state index in [4.69, 9.17) is 14.6 Å². The highest BCUT2D eigenvalue weighted by Crippen LogP contribution is 2.30. The van der Waals surface area contributed by atoms with E-state index in [0.29, 0.717) is 41.8 Å². The van der Waals surface area contributed by atoms with Crippen LogP contribution in [0, 0.1) is 10.1 Å². The molecule has 0 aromatic heterocycles. The average molecular weight is 418 g/mol. The van der Waals surface area contributed by atoms with Crippen LogP contribution in [0.4, 0.5) is 22.7 Å². The second kappa shape index (κ2) is 11.5. The van der Waals surface area contributed by atoms with Crippen LogP contribution in [-0.2, 0) is 4.79 Å². The number of non-ortho nitro benzene ring substituents is 1. The van der Waals surface area contributed by atoms with Crippen LogP contribution in [0.25, 0.3) is 0 Å². The molecule has 0 aliphatic carbocycles. The number of rotatable bonds is 12. The smallest absolute Gasteiger partial charge is 0.271 e. The van der Waals surface area contributed by atoms with E-state index in [1.54, 1.807) is 18.2 Å². The molecule has 0 bridgehead atoms. The summed E-state index contributed by atoms with van der Waals surface area (Å²) in [7, 11) is 0. The predicted octanol–water partition coefficient (Wildman–Crippen LogP) is 2.85. The number of benzene rings is 2. The van der Waals surface area contributed by atoms with E-state index in [-0.39, 0.29) is 31.3 Å². The van der Waals surface area contributed by atoms with Gasteiger partial charge in [-0.2, -0.15) is 0 Å². The van der Waals surface area contributed by atoms with E-state index in [2.05, 4.69) is 16.0 Å². The van der Waals surface area contributed by atoms with E-state index in [1.807, 2.05) is 13.8 Å². The Morgan fingerprint density at radius 2 is 1.80 bits per heavy atom. The fourth-order valence-corrected chi connectivity index (χ4v) is 2.65. The highest BCUT2D eigenvalue weighted by Gasteiger charge is 2.13. The van der Waals surface area contributed by atoms with E-state index in [1.165, 1.54) is 18.2 Å². The lowest BCUT2D eigenvalue weighted by Crippen LogP contribution is -2.23. The number of aliphatic hydroxyl groups excluding tert-OH is 1. The van der Waals surface area contributed by atoms with Crippen molar-refractivity contribution in [3.05, 3.63) is 46.5 Å². The third-order valence-corrected chi connectivity index (χ3v) is 3.92. The van der Waals surface area contributed by atoms with Crippen LogP contribution < -0.4 is 25.4 Å². The summed E-state index contributed by atoms with van der Waals surface area (Å²) in [6.07, 6.45) is 0. The highest BCUT2D eigenvalue weighted by atomic mass is 16.6. The quantitative estimate of drug-likeness (QED) is 0.305. The Hall–Kier alpha value is -3.53. The van der Waals surface area contributed by atoms with Crippen LogP contribution in [0.5, 0.6) is 11.5 Å². The zero-order chi connectivity index (χ0) is 21.9. The molecule has 162 valence electrons. The summed E-state index contributed by atoms with van der Waals surface area (Å²) in [5.74, 6) is 0.734. The van der Waals surface area contributed by atoms with Gasteiger partial charge < -0.3 is 30.5 Å². The Kier molecular flexibility index (Phi) is 8.70. The molecule has 1 amide bonds. The number of nitro benzene ring substituents is 1. The van der Waals surface area contributed by atoms with Crippen molar-refractivity contribution in [2.45, 2.75) is 13.8 Å². The van der Waals surface area contributed by atoms with Crippen molar-refractivity contribution in [1.29, 1.82) is 0 Å². The van der Waals surface area contributed by atoms with Gasteiger partial charge in [0.2, 0.25) is 5.91 Å². The minimum Gasteiger partial charge on any atom is -0.494 e. The number of carbonyl (C=O) groups is 1. The number of hydrogen-bond donors (Lipinski definition) is 4. The second-order valence-corrected chi connectivity index (χ2v) is 6.06. The number of ether oxygens (including phenoxy) is 2. The van der Waals surface area contributed by atoms with Gasteiger partial charge in [0.15, 0.2) is 0 Å². The summed E-state index contributed by atoms with van der Waals surface area (Å²) in [6.45, 7) is 4.64. The van der Waals surface area contributed by atoms with Crippen molar-refractivity contribution < 1.29 is 24.3 Å². The second-order valence-electron chi connectivity index (χ2n) is 6.06. The standard InChI is InChI=1S/C20H26N4O6/c1-3-29-15-6-8-19(30-4-2)18(12-15)23-20(26)13-22-17-11-14(24(27)28)5-7-16(17)21-9-10-25/h5-8,11-12,21-22,25H,3-4,9-10,13H2,1-2H3,(H,23,26). The van der Waals surface area contributed by atoms with Gasteiger partial charge in [-0.15, -0.1) is 0 Å². The van der Waals surface area contributed by atoms with Crippen LogP contribution >= 0.6 is 0 Å². The average Bonchev–Trinajstić information content (AvgIpc) is 2.73. The van der Waals surface area contributed by atoms with Crippen molar-refractivity contribution in [3.8, 4) is 11.5 Å². The molecule has 10 heteroatoms. The van der Waals surface area contributed by atoms with Gasteiger partial charge in [0.1, 0.15) is 11.5 Å². The summed E-state index contributed by atoms with van der Waals surface area (Å²) in [5, 5.41) is 28.7. The highest BCUT2D eigenvalue weighted by molar-refractivity contribution is 5.95. The van der Waals surface area contributed by atoms with E-state index in [0.717, 1.165) is 0 Å². The van der Waals surface area contributed by atoms with E-state index >= 15 is 0 Å². The number of nitrogens with one attached hydrogen (secondary N) is 3. The molecule has 0 radical (unpaired) electrons. The number of nitrogens with zero attached hydrogens (tertiary/aromatic N) is 1. The lowest BCUT2D eigenvalue weighted by molar-refractivity contribution is -0.384. The van der Waals surface area contributed by atoms with Crippen molar-refractivity contribution in [2.75, 3.05) is 48.9 Å².